The number of benzene rings is 1. The lowest BCUT2D eigenvalue weighted by Crippen LogP contribution is -2.24. The lowest BCUT2D eigenvalue weighted by molar-refractivity contribution is -0.137. The van der Waals surface area contributed by atoms with E-state index in [4.69, 9.17) is 11.6 Å². The smallest absolute Gasteiger partial charge is 0.382 e. The van der Waals surface area contributed by atoms with Gasteiger partial charge in [-0.1, -0.05) is 11.6 Å². The summed E-state index contributed by atoms with van der Waals surface area (Å²) in [6, 6.07) is 4.42. The minimum absolute atomic E-state index is 0.243. The average molecular weight is 290 g/mol. The van der Waals surface area contributed by atoms with E-state index in [9.17, 15) is 13.2 Å². The van der Waals surface area contributed by atoms with Crippen LogP contribution in [0.1, 0.15) is 31.2 Å². The molecule has 19 heavy (non-hydrogen) atoms. The van der Waals surface area contributed by atoms with Crippen molar-refractivity contribution in [3.63, 3.8) is 0 Å². The van der Waals surface area contributed by atoms with Gasteiger partial charge in [0.15, 0.2) is 0 Å². The van der Waals surface area contributed by atoms with E-state index in [-0.39, 0.29) is 5.02 Å². The maximum atomic E-state index is 12.8. The van der Waals surface area contributed by atoms with Crippen LogP contribution < -0.4 is 5.32 Å². The van der Waals surface area contributed by atoms with Crippen molar-refractivity contribution in [1.82, 2.24) is 0 Å². The quantitative estimate of drug-likeness (QED) is 0.826. The molecule has 0 aliphatic heterocycles. The Balaban J connectivity index is 1.80. The van der Waals surface area contributed by atoms with E-state index in [1.165, 1.54) is 31.7 Å². The predicted molar refractivity (Wildman–Crippen MR) is 69.3 cm³/mol. The Labute approximate surface area is 115 Å². The van der Waals surface area contributed by atoms with Crippen molar-refractivity contribution in [1.29, 1.82) is 0 Å². The lowest BCUT2D eigenvalue weighted by Gasteiger charge is -2.20. The van der Waals surface area contributed by atoms with Crippen molar-refractivity contribution in [3.8, 4) is 0 Å². The van der Waals surface area contributed by atoms with Crippen molar-refractivity contribution < 1.29 is 13.2 Å². The SMILES string of the molecule is FC(F)(F)c1cc(NC(C2CC2)C2CC2)ccc1Cl. The first-order valence-corrected chi connectivity index (χ1v) is 6.96. The first kappa shape index (κ1) is 13.1. The molecule has 5 heteroatoms. The van der Waals surface area contributed by atoms with Gasteiger partial charge in [-0.3, -0.25) is 0 Å². The molecule has 0 amide bonds. The van der Waals surface area contributed by atoms with Crippen LogP contribution in [0.3, 0.4) is 0 Å². The number of alkyl halides is 3. The molecule has 2 aliphatic rings. The molecule has 1 N–H and O–H groups in total. The molecule has 2 aliphatic carbocycles. The molecule has 1 aromatic carbocycles. The van der Waals surface area contributed by atoms with Gasteiger partial charge in [0.2, 0.25) is 0 Å². The van der Waals surface area contributed by atoms with Crippen LogP contribution in [-0.2, 0) is 6.18 Å². The third-order valence-electron chi connectivity index (χ3n) is 3.86. The van der Waals surface area contributed by atoms with E-state index in [1.807, 2.05) is 0 Å². The fourth-order valence-corrected chi connectivity index (χ4v) is 2.78. The predicted octanol–water partition coefficient (Wildman–Crippen LogP) is 4.96. The molecular formula is C14H15ClF3N. The molecule has 2 saturated carbocycles. The monoisotopic (exact) mass is 289 g/mol. The number of halogens is 4. The Bertz CT molecular complexity index is 466. The van der Waals surface area contributed by atoms with Gasteiger partial charge in [0.05, 0.1) is 10.6 Å². The van der Waals surface area contributed by atoms with Crippen LogP contribution >= 0.6 is 11.6 Å². The molecule has 2 fully saturated rings. The van der Waals surface area contributed by atoms with Crippen molar-refractivity contribution in [2.75, 3.05) is 5.32 Å². The fraction of sp³-hybridized carbons (Fsp3) is 0.571. The molecule has 0 aromatic heterocycles. The van der Waals surface area contributed by atoms with Crippen LogP contribution in [0.5, 0.6) is 0 Å². The summed E-state index contributed by atoms with van der Waals surface area (Å²) in [6.45, 7) is 0. The molecule has 0 heterocycles. The molecular weight excluding hydrogens is 275 g/mol. The van der Waals surface area contributed by atoms with Crippen molar-refractivity contribution in [3.05, 3.63) is 28.8 Å². The zero-order valence-corrected chi connectivity index (χ0v) is 11.1. The normalized spacial score (nSPS) is 19.8. The summed E-state index contributed by atoms with van der Waals surface area (Å²) < 4.78 is 38.4. The van der Waals surface area contributed by atoms with Gasteiger partial charge in [0, 0.05) is 11.7 Å². The van der Waals surface area contributed by atoms with Gasteiger partial charge >= 0.3 is 6.18 Å². The van der Waals surface area contributed by atoms with Crippen LogP contribution in [0.15, 0.2) is 18.2 Å². The van der Waals surface area contributed by atoms with Crippen LogP contribution in [0.2, 0.25) is 5.02 Å². The molecule has 104 valence electrons. The Morgan fingerprint density at radius 3 is 2.16 bits per heavy atom. The Morgan fingerprint density at radius 1 is 1.11 bits per heavy atom. The van der Waals surface area contributed by atoms with E-state index < -0.39 is 11.7 Å². The molecule has 0 unspecified atom stereocenters. The maximum absolute atomic E-state index is 12.8. The summed E-state index contributed by atoms with van der Waals surface area (Å²) in [5.74, 6) is 1.27. The largest absolute Gasteiger partial charge is 0.417 e. The molecule has 1 aromatic rings. The molecule has 0 spiro atoms. The molecule has 3 rings (SSSR count). The van der Waals surface area contributed by atoms with Crippen LogP contribution in [0, 0.1) is 11.8 Å². The van der Waals surface area contributed by atoms with Gasteiger partial charge in [-0.2, -0.15) is 13.2 Å². The van der Waals surface area contributed by atoms with E-state index in [2.05, 4.69) is 5.32 Å². The zero-order chi connectivity index (χ0) is 13.6. The van der Waals surface area contributed by atoms with Crippen molar-refractivity contribution in [2.24, 2.45) is 11.8 Å². The standard InChI is InChI=1S/C14H15ClF3N/c15-12-6-5-10(7-11(12)14(16,17)18)19-13(8-1-2-8)9-3-4-9/h5-9,13,19H,1-4H2. The highest BCUT2D eigenvalue weighted by Crippen LogP contribution is 2.46. The second kappa shape index (κ2) is 4.58. The van der Waals surface area contributed by atoms with E-state index in [0.29, 0.717) is 23.6 Å². The molecule has 1 nitrogen and oxygen atoms in total. The fourth-order valence-electron chi connectivity index (χ4n) is 2.56. The number of rotatable bonds is 4. The maximum Gasteiger partial charge on any atom is 0.417 e. The van der Waals surface area contributed by atoms with Crippen LogP contribution in [-0.4, -0.2) is 6.04 Å². The van der Waals surface area contributed by atoms with E-state index in [0.717, 1.165) is 6.07 Å². The number of hydrogen-bond donors (Lipinski definition) is 1. The minimum atomic E-state index is -4.40. The molecule has 0 saturated heterocycles. The first-order chi connectivity index (χ1) is 8.95. The zero-order valence-electron chi connectivity index (χ0n) is 10.3. The minimum Gasteiger partial charge on any atom is -0.382 e. The van der Waals surface area contributed by atoms with Crippen molar-refractivity contribution >= 4 is 17.3 Å². The summed E-state index contributed by atoms with van der Waals surface area (Å²) in [7, 11) is 0. The summed E-state index contributed by atoms with van der Waals surface area (Å²) in [4.78, 5) is 0. The van der Waals surface area contributed by atoms with Gasteiger partial charge in [-0.05, 0) is 55.7 Å². The van der Waals surface area contributed by atoms with Crippen LogP contribution in [0.25, 0.3) is 0 Å². The second-order valence-corrected chi connectivity index (χ2v) is 5.94. The number of nitrogens with one attached hydrogen (secondary N) is 1. The van der Waals surface area contributed by atoms with Gasteiger partial charge in [0.25, 0.3) is 0 Å². The highest BCUT2D eigenvalue weighted by Gasteiger charge is 2.41. The first-order valence-electron chi connectivity index (χ1n) is 6.58. The molecule has 0 radical (unpaired) electrons. The third-order valence-corrected chi connectivity index (χ3v) is 4.19. The average Bonchev–Trinajstić information content (AvgIpc) is 3.19. The van der Waals surface area contributed by atoms with Crippen molar-refractivity contribution in [2.45, 2.75) is 37.9 Å². The number of anilines is 1. The summed E-state index contributed by atoms with van der Waals surface area (Å²) >= 11 is 5.62. The summed E-state index contributed by atoms with van der Waals surface area (Å²) in [6.07, 6.45) is 0.354. The summed E-state index contributed by atoms with van der Waals surface area (Å²) in [5, 5.41) is 3.04. The second-order valence-electron chi connectivity index (χ2n) is 5.54. The Morgan fingerprint density at radius 2 is 1.68 bits per heavy atom. The molecule has 0 atom stereocenters. The van der Waals surface area contributed by atoms with Gasteiger partial charge < -0.3 is 5.32 Å². The highest BCUT2D eigenvalue weighted by molar-refractivity contribution is 6.31. The van der Waals surface area contributed by atoms with Gasteiger partial charge in [-0.15, -0.1) is 0 Å². The summed E-state index contributed by atoms with van der Waals surface area (Å²) in [5.41, 5.74) is -0.231. The topological polar surface area (TPSA) is 12.0 Å². The lowest BCUT2D eigenvalue weighted by atomic mass is 10.1. The third kappa shape index (κ3) is 2.99. The van der Waals surface area contributed by atoms with Gasteiger partial charge in [-0.25, -0.2) is 0 Å². The Kier molecular flexibility index (Phi) is 3.16. The highest BCUT2D eigenvalue weighted by atomic mass is 35.5. The van der Waals surface area contributed by atoms with E-state index in [1.54, 1.807) is 6.07 Å². The Hall–Kier alpha value is -0.900. The van der Waals surface area contributed by atoms with Crippen LogP contribution in [0.4, 0.5) is 18.9 Å². The van der Waals surface area contributed by atoms with Gasteiger partial charge in [0.1, 0.15) is 0 Å². The van der Waals surface area contributed by atoms with E-state index >= 15 is 0 Å². The molecule has 0 bridgehead atoms. The number of hydrogen-bond acceptors (Lipinski definition) is 1.